The molecule has 17 heteroatoms. The van der Waals surface area contributed by atoms with E-state index in [0.29, 0.717) is 71.6 Å². The van der Waals surface area contributed by atoms with Crippen molar-refractivity contribution >= 4 is 17.7 Å². The second-order valence-corrected chi connectivity index (χ2v) is 30.1. The van der Waals surface area contributed by atoms with Crippen LogP contribution in [0.5, 0.6) is 11.5 Å². The van der Waals surface area contributed by atoms with Crippen molar-refractivity contribution in [2.75, 3.05) is 13.1 Å². The topological polar surface area (TPSA) is 113 Å². The molecule has 2 aliphatic heterocycles. The van der Waals surface area contributed by atoms with Crippen LogP contribution in [0.4, 0.5) is 22.4 Å². The van der Waals surface area contributed by atoms with E-state index < -0.39 is 23.3 Å². The predicted octanol–water partition coefficient (Wildman–Crippen LogP) is 19.3. The van der Waals surface area contributed by atoms with Gasteiger partial charge in [-0.1, -0.05) is 120 Å². The van der Waals surface area contributed by atoms with Crippen LogP contribution in [0.15, 0.2) is 91.0 Å². The summed E-state index contributed by atoms with van der Waals surface area (Å²) in [5.41, 5.74) is 8.84. The summed E-state index contributed by atoms with van der Waals surface area (Å²) in [4.78, 5) is 14.2. The number of aromatic nitrogens is 6. The van der Waals surface area contributed by atoms with Gasteiger partial charge in [0.25, 0.3) is 6.43 Å². The fourth-order valence-corrected chi connectivity index (χ4v) is 13.8. The molecule has 3 aromatic carbocycles. The molecule has 0 spiro atoms. The Balaban J connectivity index is 0.000000144. The van der Waals surface area contributed by atoms with Gasteiger partial charge >= 0.3 is 6.09 Å². The maximum atomic E-state index is 13.9. The van der Waals surface area contributed by atoms with Crippen LogP contribution in [0, 0.1) is 23.7 Å². The number of halogens is 5. The van der Waals surface area contributed by atoms with Gasteiger partial charge in [-0.05, 0) is 187 Å². The smallest absolute Gasteiger partial charge is 0.410 e. The Morgan fingerprint density at radius 2 is 1.16 bits per heavy atom. The van der Waals surface area contributed by atoms with Crippen molar-refractivity contribution in [3.63, 3.8) is 0 Å². The molecule has 506 valence electrons. The van der Waals surface area contributed by atoms with Gasteiger partial charge in [0.2, 0.25) is 5.13 Å². The maximum Gasteiger partial charge on any atom is 0.410 e. The number of rotatable bonds is 13. The Morgan fingerprint density at radius 1 is 0.620 bits per heavy atom. The molecule has 5 aliphatic carbocycles. The summed E-state index contributed by atoms with van der Waals surface area (Å²) in [7, 11) is 0. The van der Waals surface area contributed by atoms with E-state index in [1.807, 2.05) is 111 Å². The third-order valence-corrected chi connectivity index (χ3v) is 18.7. The third-order valence-electron chi connectivity index (χ3n) is 18.5. The highest BCUT2D eigenvalue weighted by molar-refractivity contribution is 6.22. The number of fused-ring (bicyclic) bond motifs is 7. The second-order valence-electron chi connectivity index (χ2n) is 29.4. The van der Waals surface area contributed by atoms with E-state index in [4.69, 9.17) is 25.8 Å². The zero-order valence-corrected chi connectivity index (χ0v) is 58.8. The van der Waals surface area contributed by atoms with Crippen molar-refractivity contribution in [2.45, 2.75) is 265 Å². The minimum absolute atomic E-state index is 0.0160. The fourth-order valence-electron chi connectivity index (χ4n) is 13.6. The number of likely N-dealkylation sites (tertiary alicyclic amines) is 1. The molecule has 2 saturated carbocycles. The first kappa shape index (κ1) is 72.0. The van der Waals surface area contributed by atoms with Crippen molar-refractivity contribution in [2.24, 2.45) is 23.7 Å². The number of amides is 1. The van der Waals surface area contributed by atoms with Crippen LogP contribution < -0.4 is 14.8 Å². The van der Waals surface area contributed by atoms with Gasteiger partial charge in [0.05, 0.1) is 17.9 Å². The molecule has 5 heterocycles. The zero-order valence-electron chi connectivity index (χ0n) is 58.0. The number of carbonyl (C=O) groups is 1. The predicted molar refractivity (Wildman–Crippen MR) is 362 cm³/mol. The lowest BCUT2D eigenvalue weighted by Crippen LogP contribution is -2.42. The van der Waals surface area contributed by atoms with Gasteiger partial charge in [-0.15, -0.1) is 0 Å². The molecule has 12 nitrogen and oxygen atoms in total. The molecule has 4 fully saturated rings. The summed E-state index contributed by atoms with van der Waals surface area (Å²) in [6.45, 7) is 35.5. The molecule has 6 aromatic rings. The lowest BCUT2D eigenvalue weighted by molar-refractivity contribution is 0.0178. The summed E-state index contributed by atoms with van der Waals surface area (Å²) in [5, 5.41) is 14.8. The highest BCUT2D eigenvalue weighted by atomic mass is 35.5. The molecule has 7 aliphatic rings. The highest BCUT2D eigenvalue weighted by Gasteiger charge is 2.51. The van der Waals surface area contributed by atoms with Crippen molar-refractivity contribution in [3.8, 4) is 11.5 Å². The van der Waals surface area contributed by atoms with Gasteiger partial charge in [-0.25, -0.2) is 22.4 Å². The first-order valence-electron chi connectivity index (χ1n) is 34.3. The molecule has 92 heavy (non-hydrogen) atoms. The number of hydrogen-bond acceptors (Lipinski definition) is 8. The molecule has 1 N–H and O–H groups in total. The van der Waals surface area contributed by atoms with Crippen LogP contribution in [0.2, 0.25) is 0 Å². The number of para-hydroxylation sites is 2. The SMILES string of the molecule is CC(C)C1CC(Oc2ccccc2)CN1.CC(C)C1CC(Oc2ccccc2)CN1C(=O)OC(C)(C)C.CC(C)c1ccccc1.CC(C)n1nc(C(C)(F)Cl)c2c1CCCC2.CC(C)n1nc2c(c1C(F)F)CC1CC21.CC(F)c1nn(C(C)C)c2c1CC1CC21. The average Bonchev–Trinajstić information content (AvgIpc) is 1.57. The van der Waals surface area contributed by atoms with E-state index in [1.54, 1.807) is 6.92 Å². The Labute approximate surface area is 552 Å². The van der Waals surface area contributed by atoms with Crippen LogP contribution in [0.25, 0.3) is 0 Å². The van der Waals surface area contributed by atoms with Crippen LogP contribution in [0.1, 0.15) is 261 Å². The minimum Gasteiger partial charge on any atom is -0.489 e. The van der Waals surface area contributed by atoms with E-state index in [2.05, 4.69) is 119 Å². The Kier molecular flexibility index (Phi) is 24.3. The standard InChI is InChI=1S/C18H27NO3.C13H19NO.C12H18ClFN2.C12H17FN2.C11H14F2N2.C9H12/c1-13(2)16-11-15(21-14-9-7-6-8-10-14)12-19(16)17(20)22-18(3,4)5;1-10(2)13-8-12(9-14-13)15-11-6-4-3-5-7-11;1-8(2)16-10-7-5-4-6-9(10)11(15-16)12(3,13)14;1-6(2)15-12-9-4-8(9)5-10(12)11(14-15)7(3)13;1-5(2)15-10(11(12)13)8-4-6-3-7(6)9(8)14-15;1-8(2)9-6-4-3-5-7-9/h6-10,13,15-16H,11-12H2,1-5H3;3-7,10,12-14H,8-9H2,1-2H3;8H,4-7H2,1-3H3;6-9H,4-5H2,1-3H3;5-7,11H,3-4H2,1-2H3;3-8H,1-2H3. The van der Waals surface area contributed by atoms with Crippen molar-refractivity contribution in [1.29, 1.82) is 0 Å². The van der Waals surface area contributed by atoms with Crippen LogP contribution in [-0.2, 0) is 35.5 Å². The zero-order chi connectivity index (χ0) is 67.1. The largest absolute Gasteiger partial charge is 0.489 e. The normalized spacial score (nSPS) is 23.1. The first-order chi connectivity index (χ1) is 43.4. The van der Waals surface area contributed by atoms with E-state index in [0.717, 1.165) is 98.6 Å². The number of nitrogens with one attached hydrogen (secondary N) is 1. The second kappa shape index (κ2) is 31.1. The number of ether oxygens (including phenoxy) is 3. The molecule has 10 atom stereocenters. The van der Waals surface area contributed by atoms with Gasteiger partial charge in [0, 0.05) is 89.5 Å². The lowest BCUT2D eigenvalue weighted by Gasteiger charge is -2.30. The summed E-state index contributed by atoms with van der Waals surface area (Å²) in [6, 6.07) is 31.8. The number of hydrogen-bond donors (Lipinski definition) is 1. The summed E-state index contributed by atoms with van der Waals surface area (Å²) < 4.78 is 76.2. The van der Waals surface area contributed by atoms with E-state index in [1.165, 1.54) is 40.5 Å². The first-order valence-corrected chi connectivity index (χ1v) is 34.6. The number of nitrogens with zero attached hydrogens (tertiary/aromatic N) is 7. The molecule has 1 amide bonds. The van der Waals surface area contributed by atoms with E-state index in [-0.39, 0.29) is 36.0 Å². The van der Waals surface area contributed by atoms with E-state index in [9.17, 15) is 22.4 Å². The maximum absolute atomic E-state index is 13.9. The Bertz CT molecular complexity index is 3270. The fraction of sp³-hybridized carbons (Fsp3) is 0.627. The molecule has 3 aromatic heterocycles. The molecular weight excluding hydrogens is 1190 g/mol. The number of benzene rings is 3. The van der Waals surface area contributed by atoms with Crippen molar-refractivity contribution < 1.29 is 36.6 Å². The Hall–Kier alpha value is -5.87. The molecule has 2 saturated heterocycles. The molecule has 0 radical (unpaired) electrons. The van der Waals surface area contributed by atoms with Gasteiger partial charge in [0.15, 0.2) is 0 Å². The monoisotopic (exact) mass is 1290 g/mol. The highest BCUT2D eigenvalue weighted by Crippen LogP contribution is 2.59. The summed E-state index contributed by atoms with van der Waals surface area (Å²) in [5.74, 6) is 6.18. The minimum atomic E-state index is -2.39. The molecule has 13 rings (SSSR count). The van der Waals surface area contributed by atoms with E-state index >= 15 is 0 Å². The van der Waals surface area contributed by atoms with Crippen LogP contribution in [0.3, 0.4) is 0 Å². The third kappa shape index (κ3) is 18.5. The van der Waals surface area contributed by atoms with Gasteiger partial charge in [-0.3, -0.25) is 14.0 Å². The van der Waals surface area contributed by atoms with Gasteiger partial charge in [-0.2, -0.15) is 15.3 Å². The molecule has 10 unspecified atom stereocenters. The Morgan fingerprint density at radius 3 is 1.66 bits per heavy atom. The van der Waals surface area contributed by atoms with Crippen LogP contribution >= 0.6 is 11.6 Å². The molecule has 0 bridgehead atoms. The van der Waals surface area contributed by atoms with Crippen molar-refractivity contribution in [1.82, 2.24) is 39.6 Å². The number of alkyl halides is 5. The summed E-state index contributed by atoms with van der Waals surface area (Å²) in [6.07, 6.45) is 7.27. The number of carbonyl (C=O) groups excluding carboxylic acids is 1. The van der Waals surface area contributed by atoms with Gasteiger partial charge < -0.3 is 24.4 Å². The summed E-state index contributed by atoms with van der Waals surface area (Å²) >= 11 is 5.77. The quantitative estimate of drug-likeness (QED) is 0.0899. The molecular formula is C75H107ClF4N8O4. The van der Waals surface area contributed by atoms with Crippen molar-refractivity contribution in [3.05, 3.63) is 147 Å². The average molecular weight is 1300 g/mol. The lowest BCUT2D eigenvalue weighted by atomic mass is 9.94. The van der Waals surface area contributed by atoms with Crippen LogP contribution in [-0.4, -0.2) is 83.3 Å². The van der Waals surface area contributed by atoms with Gasteiger partial charge in [0.1, 0.15) is 46.9 Å².